The molecule has 2 heterocycles. The van der Waals surface area contributed by atoms with Gasteiger partial charge in [-0.05, 0) is 6.07 Å². The van der Waals surface area contributed by atoms with Gasteiger partial charge in [-0.15, -0.1) is 5.10 Å². The number of carboxylic acid groups (broad SMARTS) is 1. The molecule has 6 nitrogen and oxygen atoms in total. The first kappa shape index (κ1) is 7.66. The van der Waals surface area contributed by atoms with Crippen molar-refractivity contribution in [1.29, 1.82) is 0 Å². The Morgan fingerprint density at radius 2 is 2.46 bits per heavy atom. The number of fused-ring (bicyclic) bond motifs is 1. The molecule has 0 radical (unpaired) electrons. The first-order valence-electron chi connectivity index (χ1n) is 3.64. The normalized spacial score (nSPS) is 10.5. The van der Waals surface area contributed by atoms with Crippen LogP contribution in [0.25, 0.3) is 5.78 Å². The molecule has 0 atom stereocenters. The summed E-state index contributed by atoms with van der Waals surface area (Å²) >= 11 is 0. The van der Waals surface area contributed by atoms with Crippen molar-refractivity contribution in [3.63, 3.8) is 0 Å². The molecule has 0 aliphatic carbocycles. The van der Waals surface area contributed by atoms with Gasteiger partial charge in [0.05, 0.1) is 0 Å². The van der Waals surface area contributed by atoms with Crippen molar-refractivity contribution in [2.75, 3.05) is 0 Å². The highest BCUT2D eigenvalue weighted by atomic mass is 16.4. The van der Waals surface area contributed by atoms with Gasteiger partial charge in [-0.3, -0.25) is 4.79 Å². The third-order valence-electron chi connectivity index (χ3n) is 1.47. The summed E-state index contributed by atoms with van der Waals surface area (Å²) in [7, 11) is 0. The predicted octanol–water partition coefficient (Wildman–Crippen LogP) is -0.249. The van der Waals surface area contributed by atoms with E-state index in [-0.39, 0.29) is 12.2 Å². The lowest BCUT2D eigenvalue weighted by molar-refractivity contribution is -0.136. The molecule has 0 unspecified atom stereocenters. The molecule has 13 heavy (non-hydrogen) atoms. The quantitative estimate of drug-likeness (QED) is 0.685. The fourth-order valence-corrected chi connectivity index (χ4v) is 0.986. The molecule has 0 aliphatic rings. The Kier molecular flexibility index (Phi) is 1.66. The van der Waals surface area contributed by atoms with Crippen molar-refractivity contribution >= 4 is 11.7 Å². The number of carbonyl (C=O) groups is 1. The Labute approximate surface area is 72.9 Å². The zero-order valence-corrected chi connectivity index (χ0v) is 6.58. The molecule has 0 bridgehead atoms. The Morgan fingerprint density at radius 3 is 3.15 bits per heavy atom. The zero-order valence-electron chi connectivity index (χ0n) is 6.58. The van der Waals surface area contributed by atoms with E-state index in [1.807, 2.05) is 0 Å². The first-order chi connectivity index (χ1) is 6.25. The molecule has 0 saturated heterocycles. The van der Waals surface area contributed by atoms with Crippen LogP contribution >= 0.6 is 0 Å². The van der Waals surface area contributed by atoms with Gasteiger partial charge in [0.25, 0.3) is 5.78 Å². The first-order valence-corrected chi connectivity index (χ1v) is 3.64. The summed E-state index contributed by atoms with van der Waals surface area (Å²) in [6, 6.07) is 1.70. The monoisotopic (exact) mass is 178 g/mol. The Hall–Kier alpha value is -1.98. The van der Waals surface area contributed by atoms with Crippen LogP contribution < -0.4 is 0 Å². The van der Waals surface area contributed by atoms with E-state index in [9.17, 15) is 4.79 Å². The van der Waals surface area contributed by atoms with Crippen LogP contribution in [0.3, 0.4) is 0 Å². The Bertz CT molecular complexity index is 417. The predicted molar refractivity (Wildman–Crippen MR) is 42.1 cm³/mol. The lowest BCUT2D eigenvalue weighted by atomic mass is 10.4. The summed E-state index contributed by atoms with van der Waals surface area (Å²) in [5, 5.41) is 12.4. The average Bonchev–Trinajstić information content (AvgIpc) is 2.44. The van der Waals surface area contributed by atoms with E-state index in [2.05, 4.69) is 15.1 Å². The molecule has 0 aromatic carbocycles. The van der Waals surface area contributed by atoms with E-state index < -0.39 is 5.97 Å². The molecule has 2 aromatic rings. The van der Waals surface area contributed by atoms with Crippen LogP contribution in [0.15, 0.2) is 18.5 Å². The Balaban J connectivity index is 2.44. The van der Waals surface area contributed by atoms with E-state index in [0.29, 0.717) is 5.78 Å². The minimum Gasteiger partial charge on any atom is -0.481 e. The number of nitrogens with zero attached hydrogens (tertiary/aromatic N) is 4. The highest BCUT2D eigenvalue weighted by Crippen LogP contribution is 1.97. The maximum Gasteiger partial charge on any atom is 0.311 e. The molecule has 2 aromatic heterocycles. The number of aromatic nitrogens is 4. The largest absolute Gasteiger partial charge is 0.481 e. The van der Waals surface area contributed by atoms with Gasteiger partial charge >= 0.3 is 5.97 Å². The summed E-state index contributed by atoms with van der Waals surface area (Å²) in [5.74, 6) is -0.263. The molecule has 6 heteroatoms. The van der Waals surface area contributed by atoms with Crippen LogP contribution in [0.1, 0.15) is 5.82 Å². The fraction of sp³-hybridized carbons (Fsp3) is 0.143. The van der Waals surface area contributed by atoms with Crippen LogP contribution in [-0.2, 0) is 11.2 Å². The summed E-state index contributed by atoms with van der Waals surface area (Å²) < 4.78 is 1.44. The second kappa shape index (κ2) is 2.81. The molecule has 66 valence electrons. The summed E-state index contributed by atoms with van der Waals surface area (Å²) in [4.78, 5) is 18.2. The topological polar surface area (TPSA) is 80.4 Å². The van der Waals surface area contributed by atoms with Gasteiger partial charge in [-0.1, -0.05) is 0 Å². The number of hydrogen-bond acceptors (Lipinski definition) is 4. The van der Waals surface area contributed by atoms with E-state index in [4.69, 9.17) is 5.11 Å². The standard InChI is InChI=1S/C7H6N4O2/c12-6(13)4-5-9-7-8-2-1-3-11(7)10-5/h1-3H,4H2,(H,12,13). The molecule has 0 aliphatic heterocycles. The van der Waals surface area contributed by atoms with Crippen LogP contribution in [0.5, 0.6) is 0 Å². The molecule has 1 N–H and O–H groups in total. The number of hydrogen-bond donors (Lipinski definition) is 1. The molecule has 0 amide bonds. The summed E-state index contributed by atoms with van der Waals surface area (Å²) in [6.07, 6.45) is 3.07. The molecular formula is C7H6N4O2. The van der Waals surface area contributed by atoms with Gasteiger partial charge in [0.15, 0.2) is 5.82 Å². The average molecular weight is 178 g/mol. The van der Waals surface area contributed by atoms with Crippen LogP contribution in [0, 0.1) is 0 Å². The molecule has 0 fully saturated rings. The van der Waals surface area contributed by atoms with Gasteiger partial charge < -0.3 is 5.11 Å². The van der Waals surface area contributed by atoms with E-state index in [0.717, 1.165) is 0 Å². The molecule has 0 saturated carbocycles. The van der Waals surface area contributed by atoms with Crippen LogP contribution in [0.2, 0.25) is 0 Å². The smallest absolute Gasteiger partial charge is 0.311 e. The summed E-state index contributed by atoms with van der Waals surface area (Å²) in [5.41, 5.74) is 0. The zero-order chi connectivity index (χ0) is 9.26. The Morgan fingerprint density at radius 1 is 1.62 bits per heavy atom. The molecular weight excluding hydrogens is 172 g/mol. The van der Waals surface area contributed by atoms with Crippen molar-refractivity contribution in [3.05, 3.63) is 24.3 Å². The van der Waals surface area contributed by atoms with Gasteiger partial charge in [0.1, 0.15) is 6.42 Å². The molecule has 2 rings (SSSR count). The van der Waals surface area contributed by atoms with Gasteiger partial charge in [0.2, 0.25) is 0 Å². The lowest BCUT2D eigenvalue weighted by Gasteiger charge is -1.84. The summed E-state index contributed by atoms with van der Waals surface area (Å²) in [6.45, 7) is 0. The van der Waals surface area contributed by atoms with Gasteiger partial charge in [-0.2, -0.15) is 4.98 Å². The van der Waals surface area contributed by atoms with Crippen molar-refractivity contribution in [3.8, 4) is 0 Å². The van der Waals surface area contributed by atoms with Crippen molar-refractivity contribution in [1.82, 2.24) is 19.6 Å². The second-order valence-corrected chi connectivity index (χ2v) is 2.46. The van der Waals surface area contributed by atoms with Gasteiger partial charge in [-0.25, -0.2) is 9.50 Å². The number of aliphatic carboxylic acids is 1. The molecule has 0 spiro atoms. The fourth-order valence-electron chi connectivity index (χ4n) is 0.986. The SMILES string of the molecule is O=C(O)Cc1nc2ncccn2n1. The van der Waals surface area contributed by atoms with Crippen molar-refractivity contribution in [2.24, 2.45) is 0 Å². The third kappa shape index (κ3) is 1.46. The minimum atomic E-state index is -0.948. The van der Waals surface area contributed by atoms with Gasteiger partial charge in [0, 0.05) is 12.4 Å². The van der Waals surface area contributed by atoms with E-state index in [1.54, 1.807) is 18.5 Å². The number of rotatable bonds is 2. The maximum atomic E-state index is 10.3. The van der Waals surface area contributed by atoms with E-state index in [1.165, 1.54) is 4.52 Å². The maximum absolute atomic E-state index is 10.3. The number of carboxylic acids is 1. The third-order valence-corrected chi connectivity index (χ3v) is 1.47. The van der Waals surface area contributed by atoms with Crippen molar-refractivity contribution in [2.45, 2.75) is 6.42 Å². The van der Waals surface area contributed by atoms with E-state index >= 15 is 0 Å². The highest BCUT2D eigenvalue weighted by Gasteiger charge is 2.07. The van der Waals surface area contributed by atoms with Crippen LogP contribution in [0.4, 0.5) is 0 Å². The van der Waals surface area contributed by atoms with Crippen LogP contribution in [-0.4, -0.2) is 30.7 Å². The lowest BCUT2D eigenvalue weighted by Crippen LogP contribution is -2.01. The second-order valence-electron chi connectivity index (χ2n) is 2.46. The highest BCUT2D eigenvalue weighted by molar-refractivity contribution is 5.69. The minimum absolute atomic E-state index is 0.177. The van der Waals surface area contributed by atoms with Crippen molar-refractivity contribution < 1.29 is 9.90 Å².